The van der Waals surface area contributed by atoms with E-state index in [1.165, 1.54) is 16.2 Å². The molecule has 0 radical (unpaired) electrons. The molecule has 2 aromatic heterocycles. The zero-order valence-electron chi connectivity index (χ0n) is 12.3. The monoisotopic (exact) mass is 359 g/mol. The summed E-state index contributed by atoms with van der Waals surface area (Å²) < 4.78 is 5.44. The van der Waals surface area contributed by atoms with E-state index in [-0.39, 0.29) is 18.3 Å². The van der Waals surface area contributed by atoms with Crippen molar-refractivity contribution in [3.63, 3.8) is 0 Å². The Bertz CT molecular complexity index is 650. The minimum atomic E-state index is -0.435. The maximum atomic E-state index is 12.1. The Morgan fingerprint density at radius 2 is 2.23 bits per heavy atom. The summed E-state index contributed by atoms with van der Waals surface area (Å²) in [6, 6.07) is 4.15. The van der Waals surface area contributed by atoms with Crippen LogP contribution in [0.1, 0.15) is 9.75 Å². The van der Waals surface area contributed by atoms with Crippen LogP contribution >= 0.6 is 35.1 Å². The van der Waals surface area contributed by atoms with Gasteiger partial charge in [-0.25, -0.2) is 4.98 Å². The number of hydrogen-bond donors (Lipinski definition) is 2. The van der Waals surface area contributed by atoms with Crippen LogP contribution in [-0.2, 0) is 9.53 Å². The molecule has 0 saturated carbocycles. The van der Waals surface area contributed by atoms with E-state index in [1.807, 2.05) is 6.92 Å². The predicted octanol–water partition coefficient (Wildman–Crippen LogP) is 2.84. The van der Waals surface area contributed by atoms with E-state index in [2.05, 4.69) is 34.7 Å². The van der Waals surface area contributed by atoms with Crippen molar-refractivity contribution in [2.24, 2.45) is 0 Å². The fourth-order valence-electron chi connectivity index (χ4n) is 2.16. The highest BCUT2D eigenvalue weighted by molar-refractivity contribution is 7.18. The highest BCUT2D eigenvalue weighted by Crippen LogP contribution is 2.34. The first-order valence-electron chi connectivity index (χ1n) is 6.81. The van der Waals surface area contributed by atoms with Gasteiger partial charge in [-0.1, -0.05) is 0 Å². The molecule has 0 aliphatic carbocycles. The van der Waals surface area contributed by atoms with E-state index in [0.29, 0.717) is 18.3 Å². The third-order valence-corrected chi connectivity index (χ3v) is 5.11. The molecular formula is C14H18ClN3O2S2. The second-order valence-electron chi connectivity index (χ2n) is 4.89. The number of aromatic nitrogens is 1. The molecule has 5 nitrogen and oxygen atoms in total. The third kappa shape index (κ3) is 3.85. The number of amides is 1. The molecule has 0 aromatic carbocycles. The first-order valence-corrected chi connectivity index (χ1v) is 8.44. The van der Waals surface area contributed by atoms with Gasteiger partial charge >= 0.3 is 0 Å². The number of carbonyl (C=O) groups excluding carboxylic acids is 1. The summed E-state index contributed by atoms with van der Waals surface area (Å²) in [5.41, 5.74) is 0.955. The van der Waals surface area contributed by atoms with Gasteiger partial charge in [0.05, 0.1) is 17.2 Å². The Balaban J connectivity index is 0.00000176. The van der Waals surface area contributed by atoms with Gasteiger partial charge in [-0.2, -0.15) is 0 Å². The highest BCUT2D eigenvalue weighted by atomic mass is 35.5. The summed E-state index contributed by atoms with van der Waals surface area (Å²) in [5.74, 6) is -0.134. The van der Waals surface area contributed by atoms with Crippen LogP contribution < -0.4 is 10.6 Å². The van der Waals surface area contributed by atoms with E-state index < -0.39 is 6.10 Å². The first kappa shape index (κ1) is 17.4. The zero-order valence-corrected chi connectivity index (χ0v) is 14.8. The van der Waals surface area contributed by atoms with Gasteiger partial charge in [0.2, 0.25) is 0 Å². The number of anilines is 1. The number of nitrogens with zero attached hydrogens (tertiary/aromatic N) is 1. The smallest absolute Gasteiger partial charge is 0.256 e. The molecule has 8 heteroatoms. The minimum absolute atomic E-state index is 0. The van der Waals surface area contributed by atoms with Crippen LogP contribution in [0.2, 0.25) is 0 Å². The lowest BCUT2D eigenvalue weighted by molar-refractivity contribution is -0.128. The summed E-state index contributed by atoms with van der Waals surface area (Å²) in [6.45, 7) is 6.01. The lowest BCUT2D eigenvalue weighted by Crippen LogP contribution is -2.45. The second kappa shape index (κ2) is 7.52. The van der Waals surface area contributed by atoms with Gasteiger partial charge in [0.25, 0.3) is 5.91 Å². The number of halogens is 1. The standard InChI is InChI=1S/C14H17N3O2S2.ClH/c1-8-3-4-11(20-8)12-9(2)21-14(16-12)17-13(18)10-7-15-5-6-19-10;/h3-4,10,15H,5-7H2,1-2H3,(H,16,17,18);1H/t10-;/m1./s1. The molecule has 0 spiro atoms. The number of thiophene rings is 1. The molecule has 3 heterocycles. The predicted molar refractivity (Wildman–Crippen MR) is 93.4 cm³/mol. The van der Waals surface area contributed by atoms with E-state index in [4.69, 9.17) is 4.74 Å². The minimum Gasteiger partial charge on any atom is -0.366 e. The number of rotatable bonds is 3. The molecule has 1 amide bonds. The average Bonchev–Trinajstić information content (AvgIpc) is 3.06. The number of carbonyl (C=O) groups is 1. The van der Waals surface area contributed by atoms with E-state index in [0.717, 1.165) is 22.0 Å². The topological polar surface area (TPSA) is 63.2 Å². The van der Waals surface area contributed by atoms with Crippen molar-refractivity contribution < 1.29 is 9.53 Å². The van der Waals surface area contributed by atoms with Crippen molar-refractivity contribution in [2.75, 3.05) is 25.0 Å². The number of thiazole rings is 1. The molecule has 1 aliphatic rings. The van der Waals surface area contributed by atoms with Crippen molar-refractivity contribution in [2.45, 2.75) is 20.0 Å². The number of hydrogen-bond acceptors (Lipinski definition) is 6. The van der Waals surface area contributed by atoms with Crippen LogP contribution in [0.4, 0.5) is 5.13 Å². The Morgan fingerprint density at radius 3 is 2.86 bits per heavy atom. The number of nitrogens with one attached hydrogen (secondary N) is 2. The summed E-state index contributed by atoms with van der Waals surface area (Å²) in [4.78, 5) is 20.2. The molecule has 1 atom stereocenters. The maximum Gasteiger partial charge on any atom is 0.256 e. The van der Waals surface area contributed by atoms with Gasteiger partial charge in [0, 0.05) is 22.8 Å². The molecule has 1 fully saturated rings. The molecule has 120 valence electrons. The number of ether oxygens (including phenoxy) is 1. The molecule has 1 saturated heterocycles. The SMILES string of the molecule is Cc1ccc(-c2nc(NC(=O)[C@H]3CNCCO3)sc2C)s1.Cl. The summed E-state index contributed by atoms with van der Waals surface area (Å²) in [6.07, 6.45) is -0.435. The van der Waals surface area contributed by atoms with Crippen molar-refractivity contribution in [3.8, 4) is 10.6 Å². The maximum absolute atomic E-state index is 12.1. The van der Waals surface area contributed by atoms with Gasteiger partial charge < -0.3 is 10.1 Å². The number of aryl methyl sites for hydroxylation is 2. The van der Waals surface area contributed by atoms with Gasteiger partial charge in [-0.3, -0.25) is 10.1 Å². The molecule has 1 aliphatic heterocycles. The van der Waals surface area contributed by atoms with E-state index in [1.54, 1.807) is 11.3 Å². The van der Waals surface area contributed by atoms with Crippen LogP contribution in [0.3, 0.4) is 0 Å². The van der Waals surface area contributed by atoms with Gasteiger partial charge in [-0.05, 0) is 26.0 Å². The molecule has 3 rings (SSSR count). The average molecular weight is 360 g/mol. The number of morpholine rings is 1. The van der Waals surface area contributed by atoms with Gasteiger partial charge in [0.1, 0.15) is 6.10 Å². The fourth-order valence-corrected chi connectivity index (χ4v) is 3.97. The second-order valence-corrected chi connectivity index (χ2v) is 7.38. The molecular weight excluding hydrogens is 342 g/mol. The molecule has 22 heavy (non-hydrogen) atoms. The van der Waals surface area contributed by atoms with Crippen molar-refractivity contribution >= 4 is 46.1 Å². The largest absolute Gasteiger partial charge is 0.366 e. The molecule has 0 unspecified atom stereocenters. The Morgan fingerprint density at radius 1 is 1.41 bits per heavy atom. The van der Waals surface area contributed by atoms with Crippen LogP contribution in [0.15, 0.2) is 12.1 Å². The van der Waals surface area contributed by atoms with Crippen molar-refractivity contribution in [3.05, 3.63) is 21.9 Å². The first-order chi connectivity index (χ1) is 10.1. The van der Waals surface area contributed by atoms with E-state index >= 15 is 0 Å². The van der Waals surface area contributed by atoms with Crippen LogP contribution in [0.5, 0.6) is 0 Å². The third-order valence-electron chi connectivity index (χ3n) is 3.22. The molecule has 2 aromatic rings. The Hall–Kier alpha value is -0.990. The lowest BCUT2D eigenvalue weighted by Gasteiger charge is -2.22. The van der Waals surface area contributed by atoms with Crippen molar-refractivity contribution in [1.82, 2.24) is 10.3 Å². The highest BCUT2D eigenvalue weighted by Gasteiger charge is 2.23. The normalized spacial score (nSPS) is 17.8. The quantitative estimate of drug-likeness (QED) is 0.884. The van der Waals surface area contributed by atoms with Crippen LogP contribution in [-0.4, -0.2) is 36.7 Å². The summed E-state index contributed by atoms with van der Waals surface area (Å²) in [7, 11) is 0. The van der Waals surface area contributed by atoms with Crippen LogP contribution in [0.25, 0.3) is 10.6 Å². The van der Waals surface area contributed by atoms with Gasteiger partial charge in [0.15, 0.2) is 5.13 Å². The Kier molecular flexibility index (Phi) is 5.94. The lowest BCUT2D eigenvalue weighted by atomic mass is 10.3. The summed E-state index contributed by atoms with van der Waals surface area (Å²) in [5, 5.41) is 6.64. The van der Waals surface area contributed by atoms with E-state index in [9.17, 15) is 4.79 Å². The zero-order chi connectivity index (χ0) is 14.8. The summed E-state index contributed by atoms with van der Waals surface area (Å²) >= 11 is 3.21. The molecule has 2 N–H and O–H groups in total. The Labute approximate surface area is 143 Å². The van der Waals surface area contributed by atoms with Crippen LogP contribution in [0, 0.1) is 13.8 Å². The molecule has 0 bridgehead atoms. The van der Waals surface area contributed by atoms with Crippen molar-refractivity contribution in [1.29, 1.82) is 0 Å². The van der Waals surface area contributed by atoms with Gasteiger partial charge in [-0.15, -0.1) is 35.1 Å². The fraction of sp³-hybridized carbons (Fsp3) is 0.429.